The average molecular weight is 415 g/mol. The molecule has 1 aliphatic rings. The van der Waals surface area contributed by atoms with Crippen LogP contribution in [-0.2, 0) is 12.8 Å². The lowest BCUT2D eigenvalue weighted by molar-refractivity contribution is 0.248. The second kappa shape index (κ2) is 11.5. The van der Waals surface area contributed by atoms with Crippen molar-refractivity contribution in [2.24, 2.45) is 11.8 Å². The van der Waals surface area contributed by atoms with Gasteiger partial charge in [-0.2, -0.15) is 10.2 Å². The molecular weight excluding hydrogens is 378 g/mol. The third-order valence-corrected chi connectivity index (χ3v) is 6.67. The van der Waals surface area contributed by atoms with Gasteiger partial charge in [-0.05, 0) is 54.9 Å². The van der Waals surface area contributed by atoms with E-state index in [9.17, 15) is 8.78 Å². The second-order valence-electron chi connectivity index (χ2n) is 8.98. The molecule has 0 atom stereocenters. The van der Waals surface area contributed by atoms with Crippen molar-refractivity contribution in [3.05, 3.63) is 47.2 Å². The molecule has 164 valence electrons. The number of benzene rings is 1. The maximum atomic E-state index is 14.7. The predicted octanol–water partition coefficient (Wildman–Crippen LogP) is 7.69. The highest BCUT2D eigenvalue weighted by molar-refractivity contribution is 5.60. The maximum Gasteiger partial charge on any atom is 0.168 e. The summed E-state index contributed by atoms with van der Waals surface area (Å²) in [6.45, 7) is 4.32. The molecule has 0 N–H and O–H groups in total. The summed E-state index contributed by atoms with van der Waals surface area (Å²) < 4.78 is 29.4. The highest BCUT2D eigenvalue weighted by atomic mass is 19.2. The summed E-state index contributed by atoms with van der Waals surface area (Å²) in [6, 6.07) is 6.96. The van der Waals surface area contributed by atoms with E-state index in [0.717, 1.165) is 30.9 Å². The van der Waals surface area contributed by atoms with E-state index in [1.807, 2.05) is 6.07 Å². The van der Waals surface area contributed by atoms with E-state index < -0.39 is 11.6 Å². The van der Waals surface area contributed by atoms with Gasteiger partial charge in [-0.25, -0.2) is 8.78 Å². The van der Waals surface area contributed by atoms with Crippen LogP contribution in [0.3, 0.4) is 0 Å². The van der Waals surface area contributed by atoms with Crippen LogP contribution in [0.25, 0.3) is 11.3 Å². The summed E-state index contributed by atoms with van der Waals surface area (Å²) in [5.41, 5.74) is 1.94. The minimum atomic E-state index is -0.801. The second-order valence-corrected chi connectivity index (χ2v) is 8.98. The number of aromatic nitrogens is 2. The molecule has 3 rings (SSSR count). The summed E-state index contributed by atoms with van der Waals surface area (Å²) in [6.07, 6.45) is 13.8. The van der Waals surface area contributed by atoms with Crippen molar-refractivity contribution in [1.82, 2.24) is 10.2 Å². The first-order valence-electron chi connectivity index (χ1n) is 11.9. The van der Waals surface area contributed by atoms with Crippen molar-refractivity contribution >= 4 is 0 Å². The predicted molar refractivity (Wildman–Crippen MR) is 119 cm³/mol. The van der Waals surface area contributed by atoms with Crippen LogP contribution in [0.15, 0.2) is 24.3 Å². The number of rotatable bonds is 10. The zero-order valence-electron chi connectivity index (χ0n) is 18.6. The minimum Gasteiger partial charge on any atom is -0.203 e. The van der Waals surface area contributed by atoms with Gasteiger partial charge < -0.3 is 0 Å². The molecule has 0 unspecified atom stereocenters. The third kappa shape index (κ3) is 6.09. The highest BCUT2D eigenvalue weighted by Crippen LogP contribution is 2.35. The van der Waals surface area contributed by atoms with E-state index in [-0.39, 0.29) is 5.56 Å². The zero-order valence-corrected chi connectivity index (χ0v) is 18.6. The van der Waals surface area contributed by atoms with E-state index >= 15 is 0 Å². The number of hydrogen-bond acceptors (Lipinski definition) is 2. The van der Waals surface area contributed by atoms with E-state index in [0.29, 0.717) is 23.6 Å². The number of aryl methyl sites for hydroxylation is 2. The van der Waals surface area contributed by atoms with Gasteiger partial charge >= 0.3 is 0 Å². The molecule has 2 aromatic rings. The lowest BCUT2D eigenvalue weighted by Crippen LogP contribution is -2.15. The third-order valence-electron chi connectivity index (χ3n) is 6.67. The molecule has 1 saturated carbocycles. The molecular formula is C26H36F2N2. The molecule has 0 aliphatic heterocycles. The van der Waals surface area contributed by atoms with Crippen LogP contribution < -0.4 is 0 Å². The van der Waals surface area contributed by atoms with E-state index in [1.165, 1.54) is 51.4 Å². The Balaban J connectivity index is 1.55. The van der Waals surface area contributed by atoms with Crippen molar-refractivity contribution in [2.45, 2.75) is 90.9 Å². The Bertz CT molecular complexity index is 780. The first-order valence-corrected chi connectivity index (χ1v) is 11.9. The van der Waals surface area contributed by atoms with Gasteiger partial charge in [-0.3, -0.25) is 0 Å². The van der Waals surface area contributed by atoms with Crippen molar-refractivity contribution in [1.29, 1.82) is 0 Å². The first-order chi connectivity index (χ1) is 14.6. The molecule has 1 heterocycles. The van der Waals surface area contributed by atoms with Crippen molar-refractivity contribution in [2.75, 3.05) is 0 Å². The average Bonchev–Trinajstić information content (AvgIpc) is 2.77. The van der Waals surface area contributed by atoms with Gasteiger partial charge in [0.2, 0.25) is 0 Å². The van der Waals surface area contributed by atoms with E-state index in [1.54, 1.807) is 18.2 Å². The summed E-state index contributed by atoms with van der Waals surface area (Å²) in [5, 5.41) is 8.22. The summed E-state index contributed by atoms with van der Waals surface area (Å²) >= 11 is 0. The topological polar surface area (TPSA) is 25.8 Å². The molecule has 4 heteroatoms. The van der Waals surface area contributed by atoms with Crippen molar-refractivity contribution < 1.29 is 8.78 Å². The molecule has 0 spiro atoms. The molecule has 1 aromatic heterocycles. The van der Waals surface area contributed by atoms with Gasteiger partial charge in [0, 0.05) is 5.56 Å². The smallest absolute Gasteiger partial charge is 0.168 e. The molecule has 1 fully saturated rings. The molecule has 30 heavy (non-hydrogen) atoms. The lowest BCUT2D eigenvalue weighted by atomic mass is 9.77. The minimum absolute atomic E-state index is 0.194. The van der Waals surface area contributed by atoms with Crippen molar-refractivity contribution in [3.63, 3.8) is 0 Å². The molecule has 0 saturated heterocycles. The monoisotopic (exact) mass is 414 g/mol. The fourth-order valence-corrected chi connectivity index (χ4v) is 4.72. The van der Waals surface area contributed by atoms with Gasteiger partial charge in [0.15, 0.2) is 11.6 Å². The zero-order chi connectivity index (χ0) is 21.3. The molecule has 1 aromatic carbocycles. The van der Waals surface area contributed by atoms with Crippen LogP contribution in [0, 0.1) is 23.5 Å². The van der Waals surface area contributed by atoms with Gasteiger partial charge in [-0.15, -0.1) is 0 Å². The van der Waals surface area contributed by atoms with Crippen LogP contribution in [0.4, 0.5) is 8.78 Å². The standard InChI is InChI=1S/C26H36F2N2/c1-3-5-6-8-19-9-11-20(12-10-19)13-14-21-15-17-23(26(28)25(21)27)24-18-16-22(7-4-2)29-30-24/h15-20H,3-14H2,1-2H3/t19-,20-. The van der Waals surface area contributed by atoms with Crippen LogP contribution in [0.2, 0.25) is 0 Å². The number of hydrogen-bond donors (Lipinski definition) is 0. The maximum absolute atomic E-state index is 14.7. The van der Waals surface area contributed by atoms with Crippen LogP contribution in [0.1, 0.15) is 89.3 Å². The van der Waals surface area contributed by atoms with Crippen LogP contribution in [0.5, 0.6) is 0 Å². The Morgan fingerprint density at radius 3 is 2.13 bits per heavy atom. The first kappa shape index (κ1) is 22.8. The van der Waals surface area contributed by atoms with Crippen molar-refractivity contribution in [3.8, 4) is 11.3 Å². The normalized spacial score (nSPS) is 19.2. The number of unbranched alkanes of at least 4 members (excludes halogenated alkanes) is 2. The van der Waals surface area contributed by atoms with E-state index in [2.05, 4.69) is 24.0 Å². The Kier molecular flexibility index (Phi) is 8.77. The SMILES string of the molecule is CCCCC[C@H]1CC[C@H](CCc2ccc(-c3ccc(CCC)nn3)c(F)c2F)CC1. The molecule has 2 nitrogen and oxygen atoms in total. The highest BCUT2D eigenvalue weighted by Gasteiger charge is 2.22. The number of nitrogens with zero attached hydrogens (tertiary/aromatic N) is 2. The Labute approximate surface area is 180 Å². The molecule has 0 radical (unpaired) electrons. The Morgan fingerprint density at radius 2 is 1.50 bits per heavy atom. The molecule has 0 bridgehead atoms. The summed E-state index contributed by atoms with van der Waals surface area (Å²) in [4.78, 5) is 0. The largest absolute Gasteiger partial charge is 0.203 e. The van der Waals surface area contributed by atoms with Gasteiger partial charge in [-0.1, -0.05) is 77.7 Å². The van der Waals surface area contributed by atoms with Gasteiger partial charge in [0.05, 0.1) is 11.4 Å². The van der Waals surface area contributed by atoms with Crippen LogP contribution in [-0.4, -0.2) is 10.2 Å². The fourth-order valence-electron chi connectivity index (χ4n) is 4.72. The van der Waals surface area contributed by atoms with Gasteiger partial charge in [0.1, 0.15) is 0 Å². The number of halogens is 2. The fraction of sp³-hybridized carbons (Fsp3) is 0.615. The molecule has 1 aliphatic carbocycles. The van der Waals surface area contributed by atoms with Gasteiger partial charge in [0.25, 0.3) is 0 Å². The van der Waals surface area contributed by atoms with Crippen LogP contribution >= 0.6 is 0 Å². The lowest BCUT2D eigenvalue weighted by Gasteiger charge is -2.28. The quantitative estimate of drug-likeness (QED) is 0.372. The Hall–Kier alpha value is -1.84. The van der Waals surface area contributed by atoms with E-state index in [4.69, 9.17) is 0 Å². The Morgan fingerprint density at radius 1 is 0.767 bits per heavy atom. The summed E-state index contributed by atoms with van der Waals surface area (Å²) in [5.74, 6) is 0.00230. The summed E-state index contributed by atoms with van der Waals surface area (Å²) in [7, 11) is 0. The molecule has 0 amide bonds.